The summed E-state index contributed by atoms with van der Waals surface area (Å²) >= 11 is 3.00. The average molecular weight is 244 g/mol. The maximum Gasteiger partial charge on any atom is 0.285 e. The van der Waals surface area contributed by atoms with Gasteiger partial charge in [-0.15, -0.1) is 10.2 Å². The fourth-order valence-electron chi connectivity index (χ4n) is 0.811. The average Bonchev–Trinajstić information content (AvgIpc) is 2.53. The summed E-state index contributed by atoms with van der Waals surface area (Å²) in [6.45, 7) is 0. The monoisotopic (exact) mass is 243 g/mol. The van der Waals surface area contributed by atoms with Gasteiger partial charge in [-0.05, 0) is 12.1 Å². The molecule has 0 radical (unpaired) electrons. The zero-order valence-electron chi connectivity index (χ0n) is 6.24. The second kappa shape index (κ2) is 3.21. The minimum Gasteiger partial charge on any atom is -0.409 e. The predicted molar refractivity (Wildman–Crippen MR) is 45.2 cm³/mol. The van der Waals surface area contributed by atoms with Crippen LogP contribution in [0.4, 0.5) is 4.39 Å². The summed E-state index contributed by atoms with van der Waals surface area (Å²) in [5.41, 5.74) is 0.444. The van der Waals surface area contributed by atoms with Crippen LogP contribution in [0.25, 0.3) is 11.6 Å². The highest BCUT2D eigenvalue weighted by molar-refractivity contribution is 9.10. The quantitative estimate of drug-likeness (QED) is 0.770. The van der Waals surface area contributed by atoms with Crippen LogP contribution >= 0.6 is 15.9 Å². The van der Waals surface area contributed by atoms with E-state index in [0.717, 1.165) is 6.20 Å². The van der Waals surface area contributed by atoms with Crippen molar-refractivity contribution in [1.29, 1.82) is 0 Å². The second-order valence-electron chi connectivity index (χ2n) is 2.22. The summed E-state index contributed by atoms with van der Waals surface area (Å²) in [5.74, 6) is -0.144. The van der Waals surface area contributed by atoms with E-state index in [9.17, 15) is 4.39 Å². The van der Waals surface area contributed by atoms with Gasteiger partial charge in [0, 0.05) is 15.9 Å². The van der Waals surface area contributed by atoms with Gasteiger partial charge in [0.2, 0.25) is 0 Å². The van der Waals surface area contributed by atoms with Gasteiger partial charge in [0.15, 0.2) is 0 Å². The van der Waals surface area contributed by atoms with Crippen molar-refractivity contribution in [2.24, 2.45) is 0 Å². The molecule has 6 heteroatoms. The summed E-state index contributed by atoms with van der Waals surface area (Å²) in [5, 5.41) is 7.25. The van der Waals surface area contributed by atoms with Crippen LogP contribution in [0, 0.1) is 5.82 Å². The number of aromatic nitrogens is 3. The summed E-state index contributed by atoms with van der Waals surface area (Å²) < 4.78 is 17.5. The summed E-state index contributed by atoms with van der Waals surface area (Å²) in [6.07, 6.45) is 1.09. The van der Waals surface area contributed by atoms with E-state index in [1.54, 1.807) is 0 Å². The molecule has 0 aliphatic carbocycles. The lowest BCUT2D eigenvalue weighted by molar-refractivity contribution is 0.537. The Balaban J connectivity index is 2.41. The highest BCUT2D eigenvalue weighted by atomic mass is 79.9. The SMILES string of the molecule is Fc1ccc(-c2nnc(Br)o2)nc1. The zero-order chi connectivity index (χ0) is 9.26. The van der Waals surface area contributed by atoms with Crippen LogP contribution in [0.2, 0.25) is 0 Å². The van der Waals surface area contributed by atoms with Crippen LogP contribution in [0.1, 0.15) is 0 Å². The van der Waals surface area contributed by atoms with Crippen molar-refractivity contribution in [2.75, 3.05) is 0 Å². The lowest BCUT2D eigenvalue weighted by Crippen LogP contribution is -1.84. The number of rotatable bonds is 1. The molecule has 2 rings (SSSR count). The van der Waals surface area contributed by atoms with Crippen molar-refractivity contribution >= 4 is 15.9 Å². The molecule has 2 heterocycles. The number of hydrogen-bond donors (Lipinski definition) is 0. The van der Waals surface area contributed by atoms with Crippen LogP contribution in [0.3, 0.4) is 0 Å². The molecular formula is C7H3BrFN3O. The normalized spacial score (nSPS) is 10.3. The van der Waals surface area contributed by atoms with E-state index in [1.807, 2.05) is 0 Å². The molecule has 0 atom stereocenters. The van der Waals surface area contributed by atoms with Crippen molar-refractivity contribution in [2.45, 2.75) is 0 Å². The molecule has 0 bridgehead atoms. The van der Waals surface area contributed by atoms with E-state index in [-0.39, 0.29) is 10.7 Å². The van der Waals surface area contributed by atoms with E-state index in [0.29, 0.717) is 5.69 Å². The number of halogens is 2. The van der Waals surface area contributed by atoms with E-state index < -0.39 is 5.82 Å². The first kappa shape index (κ1) is 8.31. The Morgan fingerprint density at radius 1 is 1.31 bits per heavy atom. The van der Waals surface area contributed by atoms with Crippen LogP contribution in [0.5, 0.6) is 0 Å². The van der Waals surface area contributed by atoms with Gasteiger partial charge in [0.25, 0.3) is 10.7 Å². The molecule has 0 fully saturated rings. The molecule has 0 aromatic carbocycles. The lowest BCUT2D eigenvalue weighted by Gasteiger charge is -1.91. The van der Waals surface area contributed by atoms with Crippen molar-refractivity contribution in [3.8, 4) is 11.6 Å². The molecule has 2 aromatic rings. The maximum atomic E-state index is 12.5. The van der Waals surface area contributed by atoms with Gasteiger partial charge in [-0.1, -0.05) is 0 Å². The lowest BCUT2D eigenvalue weighted by atomic mass is 10.3. The van der Waals surface area contributed by atoms with Crippen LogP contribution < -0.4 is 0 Å². The van der Waals surface area contributed by atoms with Crippen LogP contribution in [0.15, 0.2) is 27.5 Å². The predicted octanol–water partition coefficient (Wildman–Crippen LogP) is 2.03. The third-order valence-corrected chi connectivity index (χ3v) is 1.67. The van der Waals surface area contributed by atoms with Crippen molar-refractivity contribution < 1.29 is 8.81 Å². The van der Waals surface area contributed by atoms with Gasteiger partial charge in [0.05, 0.1) is 6.20 Å². The van der Waals surface area contributed by atoms with E-state index in [1.165, 1.54) is 12.1 Å². The van der Waals surface area contributed by atoms with Gasteiger partial charge < -0.3 is 4.42 Å². The van der Waals surface area contributed by atoms with E-state index in [2.05, 4.69) is 31.1 Å². The third-order valence-electron chi connectivity index (χ3n) is 1.35. The fraction of sp³-hybridized carbons (Fsp3) is 0. The largest absolute Gasteiger partial charge is 0.409 e. The fourth-order valence-corrected chi connectivity index (χ4v) is 1.04. The standard InChI is InChI=1S/C7H3BrFN3O/c8-7-12-11-6(13-7)5-2-1-4(9)3-10-5/h1-3H. The highest BCUT2D eigenvalue weighted by Crippen LogP contribution is 2.17. The van der Waals surface area contributed by atoms with Gasteiger partial charge in [-0.3, -0.25) is 0 Å². The first-order valence-electron chi connectivity index (χ1n) is 3.36. The van der Waals surface area contributed by atoms with Gasteiger partial charge in [0.1, 0.15) is 11.5 Å². The zero-order valence-corrected chi connectivity index (χ0v) is 7.82. The number of nitrogens with zero attached hydrogens (tertiary/aromatic N) is 3. The molecule has 0 spiro atoms. The molecule has 0 unspecified atom stereocenters. The van der Waals surface area contributed by atoms with E-state index in [4.69, 9.17) is 4.42 Å². The summed E-state index contributed by atoms with van der Waals surface area (Å²) in [6, 6.07) is 2.75. The minimum absolute atomic E-state index is 0.256. The molecule has 2 aromatic heterocycles. The van der Waals surface area contributed by atoms with Gasteiger partial charge >= 0.3 is 0 Å². The first-order valence-corrected chi connectivity index (χ1v) is 4.16. The van der Waals surface area contributed by atoms with Crippen molar-refractivity contribution in [3.05, 3.63) is 28.9 Å². The van der Waals surface area contributed by atoms with Crippen molar-refractivity contribution in [3.63, 3.8) is 0 Å². The molecule has 66 valence electrons. The Labute approximate surface area is 80.9 Å². The molecule has 0 N–H and O–H groups in total. The maximum absolute atomic E-state index is 12.5. The Hall–Kier alpha value is -1.30. The molecule has 0 aliphatic heterocycles. The highest BCUT2D eigenvalue weighted by Gasteiger charge is 2.07. The first-order chi connectivity index (χ1) is 6.25. The second-order valence-corrected chi connectivity index (χ2v) is 2.90. The minimum atomic E-state index is -0.401. The molecule has 4 nitrogen and oxygen atoms in total. The third kappa shape index (κ3) is 1.72. The number of pyridine rings is 1. The molecule has 0 saturated heterocycles. The van der Waals surface area contributed by atoms with Gasteiger partial charge in [-0.2, -0.15) is 0 Å². The van der Waals surface area contributed by atoms with E-state index >= 15 is 0 Å². The van der Waals surface area contributed by atoms with Crippen molar-refractivity contribution in [1.82, 2.24) is 15.2 Å². The van der Waals surface area contributed by atoms with Crippen LogP contribution in [-0.4, -0.2) is 15.2 Å². The smallest absolute Gasteiger partial charge is 0.285 e. The molecule has 0 aliphatic rings. The Bertz CT molecular complexity index is 414. The number of hydrogen-bond acceptors (Lipinski definition) is 4. The molecule has 13 heavy (non-hydrogen) atoms. The van der Waals surface area contributed by atoms with Crippen LogP contribution in [-0.2, 0) is 0 Å². The summed E-state index contributed by atoms with van der Waals surface area (Å²) in [4.78, 5) is 4.04. The van der Waals surface area contributed by atoms with Gasteiger partial charge in [-0.25, -0.2) is 9.37 Å². The Morgan fingerprint density at radius 3 is 2.69 bits per heavy atom. The topological polar surface area (TPSA) is 51.8 Å². The molecule has 0 saturated carbocycles. The molecular weight excluding hydrogens is 241 g/mol. The molecule has 0 amide bonds. The Morgan fingerprint density at radius 2 is 2.15 bits per heavy atom. The Kier molecular flexibility index (Phi) is 2.05. The summed E-state index contributed by atoms with van der Waals surface area (Å²) in [7, 11) is 0.